The van der Waals surface area contributed by atoms with Gasteiger partial charge < -0.3 is 24.3 Å². The summed E-state index contributed by atoms with van der Waals surface area (Å²) >= 11 is 0. The molecule has 0 saturated carbocycles. The summed E-state index contributed by atoms with van der Waals surface area (Å²) in [5.41, 5.74) is 4.89. The lowest BCUT2D eigenvalue weighted by Crippen LogP contribution is -2.30. The van der Waals surface area contributed by atoms with E-state index in [-0.39, 0.29) is 12.7 Å². The van der Waals surface area contributed by atoms with Gasteiger partial charge in [0, 0.05) is 52.9 Å². The van der Waals surface area contributed by atoms with Crippen molar-refractivity contribution in [3.8, 4) is 11.5 Å². The minimum Gasteiger partial charge on any atom is -0.454 e. The van der Waals surface area contributed by atoms with Crippen molar-refractivity contribution in [1.82, 2.24) is 14.9 Å². The number of H-pyrrole nitrogens is 2. The highest BCUT2D eigenvalue weighted by Crippen LogP contribution is 2.33. The largest absolute Gasteiger partial charge is 0.454 e. The molecule has 2 aromatic heterocycles. The number of nitrogens with one attached hydrogen (secondary N) is 2. The average molecular weight is 423 g/mol. The predicted octanol–water partition coefficient (Wildman–Crippen LogP) is 5.22. The molecule has 0 atom stereocenters. The average Bonchev–Trinajstić information content (AvgIpc) is 3.58. The molecule has 5 aromatic rings. The zero-order valence-corrected chi connectivity index (χ0v) is 17.3. The highest BCUT2D eigenvalue weighted by molar-refractivity contribution is 5.95. The quantitative estimate of drug-likeness (QED) is 0.407. The van der Waals surface area contributed by atoms with Crippen LogP contribution in [0.4, 0.5) is 0 Å². The Balaban J connectivity index is 1.40. The van der Waals surface area contributed by atoms with Crippen LogP contribution in [0.1, 0.15) is 21.5 Å². The van der Waals surface area contributed by atoms with Crippen LogP contribution in [0.3, 0.4) is 0 Å². The van der Waals surface area contributed by atoms with Crippen LogP contribution in [0.2, 0.25) is 0 Å². The number of rotatable bonds is 5. The van der Waals surface area contributed by atoms with Crippen LogP contribution in [0.15, 0.2) is 79.1 Å². The molecule has 6 heteroatoms. The second-order valence-corrected chi connectivity index (χ2v) is 7.94. The highest BCUT2D eigenvalue weighted by atomic mass is 16.7. The lowest BCUT2D eigenvalue weighted by atomic mass is 10.1. The van der Waals surface area contributed by atoms with Gasteiger partial charge in [-0.15, -0.1) is 0 Å². The summed E-state index contributed by atoms with van der Waals surface area (Å²) in [7, 11) is 0. The lowest BCUT2D eigenvalue weighted by molar-refractivity contribution is 0.0731. The Bertz CT molecular complexity index is 1370. The highest BCUT2D eigenvalue weighted by Gasteiger charge is 2.22. The Labute approximate surface area is 184 Å². The molecule has 0 unspecified atom stereocenters. The van der Waals surface area contributed by atoms with Crippen molar-refractivity contribution in [3.05, 3.63) is 95.8 Å². The number of hydrogen-bond donors (Lipinski definition) is 2. The normalized spacial score (nSPS) is 12.5. The molecule has 1 aliphatic rings. The molecule has 0 spiro atoms. The van der Waals surface area contributed by atoms with Crippen molar-refractivity contribution in [1.29, 1.82) is 0 Å². The van der Waals surface area contributed by atoms with E-state index in [4.69, 9.17) is 9.47 Å². The van der Waals surface area contributed by atoms with Gasteiger partial charge >= 0.3 is 0 Å². The van der Waals surface area contributed by atoms with E-state index in [0.717, 1.165) is 32.9 Å². The fraction of sp³-hybridized carbons (Fsp3) is 0.115. The molecule has 158 valence electrons. The molecule has 2 N–H and O–H groups in total. The summed E-state index contributed by atoms with van der Waals surface area (Å²) in [6.45, 7) is 1.16. The number of benzene rings is 3. The number of aromatic amines is 2. The minimum atomic E-state index is -0.0524. The third kappa shape index (κ3) is 3.17. The Morgan fingerprint density at radius 2 is 1.41 bits per heavy atom. The van der Waals surface area contributed by atoms with Gasteiger partial charge in [0.1, 0.15) is 0 Å². The van der Waals surface area contributed by atoms with Gasteiger partial charge in [-0.3, -0.25) is 4.79 Å². The monoisotopic (exact) mass is 423 g/mol. The number of ether oxygens (including phenoxy) is 2. The third-order valence-electron chi connectivity index (χ3n) is 6.00. The molecule has 3 aromatic carbocycles. The first-order valence-corrected chi connectivity index (χ1v) is 10.6. The Hall–Kier alpha value is -4.19. The smallest absolute Gasteiger partial charge is 0.254 e. The summed E-state index contributed by atoms with van der Waals surface area (Å²) in [6.07, 6.45) is 3.86. The lowest BCUT2D eigenvalue weighted by Gasteiger charge is -2.24. The van der Waals surface area contributed by atoms with E-state index in [1.807, 2.05) is 41.6 Å². The van der Waals surface area contributed by atoms with Crippen LogP contribution in [-0.2, 0) is 13.1 Å². The van der Waals surface area contributed by atoms with Crippen molar-refractivity contribution in [2.45, 2.75) is 13.1 Å². The van der Waals surface area contributed by atoms with Crippen molar-refractivity contribution in [2.24, 2.45) is 0 Å². The SMILES string of the molecule is O=C(c1ccc2c(c1)OCO2)N(Cc1cccc2[nH]ccc12)Cc1cccc2[nH]ccc12. The van der Waals surface area contributed by atoms with E-state index >= 15 is 0 Å². The van der Waals surface area contributed by atoms with Crippen molar-refractivity contribution in [3.63, 3.8) is 0 Å². The van der Waals surface area contributed by atoms with Crippen molar-refractivity contribution >= 4 is 27.7 Å². The molecule has 0 saturated heterocycles. The van der Waals surface area contributed by atoms with Crippen LogP contribution in [-0.4, -0.2) is 27.6 Å². The van der Waals surface area contributed by atoms with Crippen LogP contribution < -0.4 is 9.47 Å². The number of aromatic nitrogens is 2. The zero-order valence-electron chi connectivity index (χ0n) is 17.3. The third-order valence-corrected chi connectivity index (χ3v) is 6.00. The van der Waals surface area contributed by atoms with Gasteiger partial charge in [-0.2, -0.15) is 0 Å². The van der Waals surface area contributed by atoms with E-state index in [9.17, 15) is 4.79 Å². The van der Waals surface area contributed by atoms with Gasteiger partial charge in [-0.05, 0) is 53.6 Å². The van der Waals surface area contributed by atoms with Crippen molar-refractivity contribution < 1.29 is 14.3 Å². The van der Waals surface area contributed by atoms with Gasteiger partial charge in [0.2, 0.25) is 6.79 Å². The molecule has 6 rings (SSSR count). The molecule has 0 aliphatic carbocycles. The number of carbonyl (C=O) groups excluding carboxylic acids is 1. The molecule has 1 aliphatic heterocycles. The molecule has 1 amide bonds. The second kappa shape index (κ2) is 7.50. The molecule has 0 fully saturated rings. The number of amides is 1. The molecular weight excluding hydrogens is 402 g/mol. The van der Waals surface area contributed by atoms with Crippen LogP contribution in [0.25, 0.3) is 21.8 Å². The number of nitrogens with zero attached hydrogens (tertiary/aromatic N) is 1. The summed E-state index contributed by atoms with van der Waals surface area (Å²) < 4.78 is 10.9. The fourth-order valence-corrected chi connectivity index (χ4v) is 4.40. The maximum Gasteiger partial charge on any atom is 0.254 e. The predicted molar refractivity (Wildman–Crippen MR) is 123 cm³/mol. The molecule has 0 bridgehead atoms. The standard InChI is InChI=1S/C26H21N3O3/c30-26(17-7-8-24-25(13-17)32-16-31-24)29(14-18-3-1-5-22-20(18)9-11-27-22)15-19-4-2-6-23-21(19)10-12-28-23/h1-13,27-28H,14-16H2. The van der Waals surface area contributed by atoms with Gasteiger partial charge in [0.15, 0.2) is 11.5 Å². The molecule has 6 nitrogen and oxygen atoms in total. The zero-order chi connectivity index (χ0) is 21.5. The van der Waals surface area contributed by atoms with Gasteiger partial charge in [-0.25, -0.2) is 0 Å². The number of carbonyl (C=O) groups is 1. The van der Waals surface area contributed by atoms with Crippen LogP contribution in [0.5, 0.6) is 11.5 Å². The van der Waals surface area contributed by atoms with Crippen LogP contribution >= 0.6 is 0 Å². The van der Waals surface area contributed by atoms with E-state index < -0.39 is 0 Å². The molecule has 0 radical (unpaired) electrons. The van der Waals surface area contributed by atoms with Gasteiger partial charge in [0.05, 0.1) is 0 Å². The summed E-state index contributed by atoms with van der Waals surface area (Å²) in [4.78, 5) is 22.1. The minimum absolute atomic E-state index is 0.0524. The van der Waals surface area contributed by atoms with Crippen LogP contribution in [0, 0.1) is 0 Å². The van der Waals surface area contributed by atoms with E-state index in [1.165, 1.54) is 0 Å². The van der Waals surface area contributed by atoms with Gasteiger partial charge in [-0.1, -0.05) is 24.3 Å². The first kappa shape index (κ1) is 18.6. The summed E-state index contributed by atoms with van der Waals surface area (Å²) in [5, 5.41) is 2.24. The fourth-order valence-electron chi connectivity index (χ4n) is 4.40. The van der Waals surface area contributed by atoms with Crippen molar-refractivity contribution in [2.75, 3.05) is 6.79 Å². The first-order chi connectivity index (χ1) is 15.8. The Kier molecular flexibility index (Phi) is 4.35. The molecular formula is C26H21N3O3. The maximum atomic E-state index is 13.7. The number of hydrogen-bond acceptors (Lipinski definition) is 3. The maximum absolute atomic E-state index is 13.7. The molecule has 32 heavy (non-hydrogen) atoms. The number of fused-ring (bicyclic) bond motifs is 3. The summed E-state index contributed by atoms with van der Waals surface area (Å²) in [6, 6.07) is 21.8. The summed E-state index contributed by atoms with van der Waals surface area (Å²) in [5.74, 6) is 1.22. The Morgan fingerprint density at radius 1 is 0.781 bits per heavy atom. The van der Waals surface area contributed by atoms with E-state index in [2.05, 4.69) is 34.2 Å². The Morgan fingerprint density at radius 3 is 2.06 bits per heavy atom. The first-order valence-electron chi connectivity index (χ1n) is 10.6. The van der Waals surface area contributed by atoms with E-state index in [1.54, 1.807) is 18.2 Å². The van der Waals surface area contributed by atoms with E-state index in [0.29, 0.717) is 30.2 Å². The second-order valence-electron chi connectivity index (χ2n) is 7.94. The topological polar surface area (TPSA) is 70.3 Å². The molecule has 3 heterocycles. The van der Waals surface area contributed by atoms with Gasteiger partial charge in [0.25, 0.3) is 5.91 Å².